The number of hydrogen-bond acceptors (Lipinski definition) is 5. The van der Waals surface area contributed by atoms with Gasteiger partial charge in [0, 0.05) is 34.5 Å². The molecule has 1 unspecified atom stereocenters. The van der Waals surface area contributed by atoms with Crippen LogP contribution in [0.25, 0.3) is 0 Å². The number of anilines is 1. The molecule has 8 heteroatoms. The predicted molar refractivity (Wildman–Crippen MR) is 125 cm³/mol. The summed E-state index contributed by atoms with van der Waals surface area (Å²) in [5, 5.41) is 3.47. The summed E-state index contributed by atoms with van der Waals surface area (Å²) in [5.74, 6) is -0.318. The number of nitrogens with one attached hydrogen (secondary N) is 1. The minimum absolute atomic E-state index is 0.127. The summed E-state index contributed by atoms with van der Waals surface area (Å²) in [7, 11) is -3.67. The average Bonchev–Trinajstić information content (AvgIpc) is 2.76. The van der Waals surface area contributed by atoms with Gasteiger partial charge in [-0.3, -0.25) is 4.79 Å². The van der Waals surface area contributed by atoms with E-state index in [-0.39, 0.29) is 10.8 Å². The molecule has 1 amide bonds. The van der Waals surface area contributed by atoms with Gasteiger partial charge in [0.05, 0.1) is 18.1 Å². The SMILES string of the molecule is CCC(C)Sc1ccc(NC(=O)c2cc(S(=O)(=O)N3CCOCC3)ccc2C)c(C)c1. The molecule has 1 aliphatic heterocycles. The van der Waals surface area contributed by atoms with Gasteiger partial charge >= 0.3 is 0 Å². The number of carbonyl (C=O) groups excluding carboxylic acids is 1. The molecule has 31 heavy (non-hydrogen) atoms. The quantitative estimate of drug-likeness (QED) is 0.615. The van der Waals surface area contributed by atoms with Crippen molar-refractivity contribution in [2.45, 2.75) is 49.2 Å². The van der Waals surface area contributed by atoms with Crippen molar-refractivity contribution in [3.05, 3.63) is 53.1 Å². The molecule has 168 valence electrons. The summed E-state index contributed by atoms with van der Waals surface area (Å²) >= 11 is 1.81. The highest BCUT2D eigenvalue weighted by atomic mass is 32.2. The van der Waals surface area contributed by atoms with E-state index >= 15 is 0 Å². The zero-order valence-electron chi connectivity index (χ0n) is 18.5. The van der Waals surface area contributed by atoms with Gasteiger partial charge in [0.2, 0.25) is 10.0 Å². The van der Waals surface area contributed by atoms with Gasteiger partial charge < -0.3 is 10.1 Å². The molecule has 0 aromatic heterocycles. The normalized spacial score (nSPS) is 16.1. The van der Waals surface area contributed by atoms with Gasteiger partial charge in [0.1, 0.15) is 0 Å². The maximum Gasteiger partial charge on any atom is 0.255 e. The molecule has 1 atom stereocenters. The fourth-order valence-electron chi connectivity index (χ4n) is 3.30. The molecule has 0 aliphatic carbocycles. The first kappa shape index (κ1) is 23.8. The van der Waals surface area contributed by atoms with Crippen LogP contribution in [-0.4, -0.2) is 50.2 Å². The molecule has 6 nitrogen and oxygen atoms in total. The van der Waals surface area contributed by atoms with Gasteiger partial charge in [-0.1, -0.05) is 19.9 Å². The summed E-state index contributed by atoms with van der Waals surface area (Å²) in [4.78, 5) is 14.3. The van der Waals surface area contributed by atoms with Crippen LogP contribution in [0.1, 0.15) is 41.8 Å². The first-order chi connectivity index (χ1) is 14.7. The molecule has 0 saturated carbocycles. The van der Waals surface area contributed by atoms with Gasteiger partial charge in [-0.15, -0.1) is 11.8 Å². The smallest absolute Gasteiger partial charge is 0.255 e. The summed E-state index contributed by atoms with van der Waals surface area (Å²) in [6.45, 7) is 9.51. The van der Waals surface area contributed by atoms with E-state index in [2.05, 4.69) is 25.2 Å². The highest BCUT2D eigenvalue weighted by Crippen LogP contribution is 2.29. The summed E-state index contributed by atoms with van der Waals surface area (Å²) in [6, 6.07) is 10.7. The van der Waals surface area contributed by atoms with Crippen LogP contribution in [-0.2, 0) is 14.8 Å². The molecule has 1 heterocycles. The molecule has 1 saturated heterocycles. The lowest BCUT2D eigenvalue weighted by Crippen LogP contribution is -2.40. The number of carbonyl (C=O) groups is 1. The van der Waals surface area contributed by atoms with Crippen LogP contribution in [0.5, 0.6) is 0 Å². The van der Waals surface area contributed by atoms with E-state index in [1.54, 1.807) is 19.1 Å². The molecular weight excluding hydrogens is 432 g/mol. The van der Waals surface area contributed by atoms with E-state index in [0.29, 0.717) is 37.1 Å². The van der Waals surface area contributed by atoms with Crippen molar-refractivity contribution in [1.82, 2.24) is 4.31 Å². The molecule has 0 spiro atoms. The number of morpholine rings is 1. The van der Waals surface area contributed by atoms with Crippen molar-refractivity contribution < 1.29 is 17.9 Å². The lowest BCUT2D eigenvalue weighted by molar-refractivity contribution is 0.0730. The van der Waals surface area contributed by atoms with Crippen LogP contribution in [0.15, 0.2) is 46.2 Å². The van der Waals surface area contributed by atoms with Crippen LogP contribution < -0.4 is 5.32 Å². The average molecular weight is 463 g/mol. The standard InChI is InChI=1S/C23H30N2O4S2/c1-5-18(4)30-19-7-9-22(17(3)14-19)24-23(26)21-15-20(8-6-16(21)2)31(27,28)25-10-12-29-13-11-25/h6-9,14-15,18H,5,10-13H2,1-4H3,(H,24,26). The van der Waals surface area contributed by atoms with E-state index in [1.165, 1.54) is 15.3 Å². The predicted octanol–water partition coefficient (Wildman–Crippen LogP) is 4.47. The fraction of sp³-hybridized carbons (Fsp3) is 0.435. The molecule has 0 bridgehead atoms. The van der Waals surface area contributed by atoms with Gasteiger partial charge in [-0.05, 0) is 61.7 Å². The van der Waals surface area contributed by atoms with Crippen molar-refractivity contribution in [2.24, 2.45) is 0 Å². The molecule has 2 aromatic carbocycles. The molecular formula is C23H30N2O4S2. The molecule has 1 aliphatic rings. The minimum atomic E-state index is -3.67. The van der Waals surface area contributed by atoms with Crippen molar-refractivity contribution in [1.29, 1.82) is 0 Å². The topological polar surface area (TPSA) is 75.7 Å². The van der Waals surface area contributed by atoms with Gasteiger partial charge in [-0.2, -0.15) is 4.31 Å². The number of amides is 1. The summed E-state index contributed by atoms with van der Waals surface area (Å²) in [6.07, 6.45) is 1.09. The van der Waals surface area contributed by atoms with Crippen LogP contribution >= 0.6 is 11.8 Å². The van der Waals surface area contributed by atoms with Crippen molar-refractivity contribution in [3.8, 4) is 0 Å². The largest absolute Gasteiger partial charge is 0.379 e. The molecule has 1 fully saturated rings. The van der Waals surface area contributed by atoms with Gasteiger partial charge in [-0.25, -0.2) is 8.42 Å². The Balaban J connectivity index is 1.81. The third-order valence-electron chi connectivity index (χ3n) is 5.42. The van der Waals surface area contributed by atoms with E-state index in [9.17, 15) is 13.2 Å². The lowest BCUT2D eigenvalue weighted by Gasteiger charge is -2.26. The van der Waals surface area contributed by atoms with E-state index in [4.69, 9.17) is 4.74 Å². The van der Waals surface area contributed by atoms with E-state index in [1.807, 2.05) is 30.8 Å². The second-order valence-electron chi connectivity index (χ2n) is 7.76. The fourth-order valence-corrected chi connectivity index (χ4v) is 5.75. The van der Waals surface area contributed by atoms with Crippen molar-refractivity contribution in [3.63, 3.8) is 0 Å². The second kappa shape index (κ2) is 10.2. The molecule has 1 N–H and O–H groups in total. The number of hydrogen-bond donors (Lipinski definition) is 1. The van der Waals surface area contributed by atoms with Crippen LogP contribution in [0.4, 0.5) is 5.69 Å². The van der Waals surface area contributed by atoms with Crippen molar-refractivity contribution >= 4 is 33.4 Å². The van der Waals surface area contributed by atoms with E-state index < -0.39 is 10.0 Å². The van der Waals surface area contributed by atoms with Gasteiger partial charge in [0.25, 0.3) is 5.91 Å². The summed E-state index contributed by atoms with van der Waals surface area (Å²) in [5.41, 5.74) is 2.77. The number of rotatable bonds is 7. The Morgan fingerprint density at radius 3 is 2.48 bits per heavy atom. The minimum Gasteiger partial charge on any atom is -0.379 e. The molecule has 2 aromatic rings. The third-order valence-corrected chi connectivity index (χ3v) is 8.58. The van der Waals surface area contributed by atoms with Crippen LogP contribution in [0.2, 0.25) is 0 Å². The Morgan fingerprint density at radius 2 is 1.84 bits per heavy atom. The monoisotopic (exact) mass is 462 g/mol. The lowest BCUT2D eigenvalue weighted by atomic mass is 10.1. The van der Waals surface area contributed by atoms with Crippen LogP contribution in [0, 0.1) is 13.8 Å². The Bertz CT molecular complexity index is 1050. The molecule has 0 radical (unpaired) electrons. The van der Waals surface area contributed by atoms with Gasteiger partial charge in [0.15, 0.2) is 0 Å². The number of thioether (sulfide) groups is 1. The maximum absolute atomic E-state index is 13.0. The first-order valence-electron chi connectivity index (χ1n) is 10.5. The Morgan fingerprint density at radius 1 is 1.13 bits per heavy atom. The zero-order valence-corrected chi connectivity index (χ0v) is 20.1. The number of benzene rings is 2. The zero-order chi connectivity index (χ0) is 22.6. The Kier molecular flexibility index (Phi) is 7.80. The Labute approximate surface area is 189 Å². The second-order valence-corrected chi connectivity index (χ2v) is 11.2. The number of sulfonamides is 1. The van der Waals surface area contributed by atoms with Crippen molar-refractivity contribution in [2.75, 3.05) is 31.6 Å². The summed E-state index contributed by atoms with van der Waals surface area (Å²) < 4.78 is 32.6. The highest BCUT2D eigenvalue weighted by molar-refractivity contribution is 7.99. The first-order valence-corrected chi connectivity index (χ1v) is 12.8. The third kappa shape index (κ3) is 5.68. The number of aryl methyl sites for hydroxylation is 2. The number of ether oxygens (including phenoxy) is 1. The van der Waals surface area contributed by atoms with E-state index in [0.717, 1.165) is 23.2 Å². The molecule has 3 rings (SSSR count). The number of nitrogens with zero attached hydrogens (tertiary/aromatic N) is 1. The van der Waals surface area contributed by atoms with Crippen LogP contribution in [0.3, 0.4) is 0 Å². The maximum atomic E-state index is 13.0. The highest BCUT2D eigenvalue weighted by Gasteiger charge is 2.27. The Hall–Kier alpha value is -1.87.